The van der Waals surface area contributed by atoms with Gasteiger partial charge in [-0.05, 0) is 37.5 Å². The molecule has 3 heterocycles. The summed E-state index contributed by atoms with van der Waals surface area (Å²) in [5.41, 5.74) is 4.46. The van der Waals surface area contributed by atoms with Gasteiger partial charge in [0.1, 0.15) is 5.01 Å². The Morgan fingerprint density at radius 3 is 2.58 bits per heavy atom. The molecule has 3 aromatic rings. The zero-order valence-electron chi connectivity index (χ0n) is 13.3. The molecule has 0 N–H and O–H groups in total. The SMILES string of the molecule is Clc1ccc(-c2csc(-c3cnccc3N3CCCCC3)n2)cc1. The minimum Gasteiger partial charge on any atom is -0.371 e. The first-order valence-electron chi connectivity index (χ1n) is 8.22. The summed E-state index contributed by atoms with van der Waals surface area (Å²) < 4.78 is 0. The summed E-state index contributed by atoms with van der Waals surface area (Å²) in [5.74, 6) is 0. The first-order valence-corrected chi connectivity index (χ1v) is 9.48. The van der Waals surface area contributed by atoms with Crippen molar-refractivity contribution in [1.29, 1.82) is 0 Å². The van der Waals surface area contributed by atoms with Crippen LogP contribution in [0, 0.1) is 0 Å². The summed E-state index contributed by atoms with van der Waals surface area (Å²) >= 11 is 7.64. The van der Waals surface area contributed by atoms with E-state index in [1.54, 1.807) is 11.3 Å². The summed E-state index contributed by atoms with van der Waals surface area (Å²) in [6.07, 6.45) is 7.66. The lowest BCUT2D eigenvalue weighted by molar-refractivity contribution is 0.578. The van der Waals surface area contributed by atoms with Gasteiger partial charge in [-0.15, -0.1) is 11.3 Å². The van der Waals surface area contributed by atoms with Crippen molar-refractivity contribution < 1.29 is 0 Å². The third kappa shape index (κ3) is 3.17. The molecule has 0 spiro atoms. The fourth-order valence-corrected chi connectivity index (χ4v) is 4.09. The number of anilines is 1. The largest absolute Gasteiger partial charge is 0.371 e. The van der Waals surface area contributed by atoms with Gasteiger partial charge in [0.25, 0.3) is 0 Å². The van der Waals surface area contributed by atoms with E-state index >= 15 is 0 Å². The van der Waals surface area contributed by atoms with Crippen molar-refractivity contribution in [1.82, 2.24) is 9.97 Å². The Balaban J connectivity index is 1.68. The van der Waals surface area contributed by atoms with E-state index in [1.165, 1.54) is 24.9 Å². The molecule has 0 unspecified atom stereocenters. The number of hydrogen-bond acceptors (Lipinski definition) is 4. The monoisotopic (exact) mass is 355 g/mol. The topological polar surface area (TPSA) is 29.0 Å². The third-order valence-electron chi connectivity index (χ3n) is 4.37. The fraction of sp³-hybridized carbons (Fsp3) is 0.263. The van der Waals surface area contributed by atoms with Crippen molar-refractivity contribution in [2.24, 2.45) is 0 Å². The molecular weight excluding hydrogens is 338 g/mol. The summed E-state index contributed by atoms with van der Waals surface area (Å²) in [4.78, 5) is 11.6. The average Bonchev–Trinajstić information content (AvgIpc) is 3.13. The molecule has 0 radical (unpaired) electrons. The molecule has 24 heavy (non-hydrogen) atoms. The molecule has 0 atom stereocenters. The first kappa shape index (κ1) is 15.6. The quantitative estimate of drug-likeness (QED) is 0.619. The first-order chi connectivity index (χ1) is 11.8. The standard InChI is InChI=1S/C19H18ClN3S/c20-15-6-4-14(5-7-15)17-13-24-19(22-17)16-12-21-9-8-18(16)23-10-2-1-3-11-23/h4-9,12-13H,1-3,10-11H2. The molecule has 5 heteroatoms. The molecule has 122 valence electrons. The number of aromatic nitrogens is 2. The van der Waals surface area contributed by atoms with Crippen LogP contribution in [0.5, 0.6) is 0 Å². The lowest BCUT2D eigenvalue weighted by Gasteiger charge is -2.30. The normalized spacial score (nSPS) is 14.8. The van der Waals surface area contributed by atoms with E-state index in [0.29, 0.717) is 0 Å². The smallest absolute Gasteiger partial charge is 0.127 e. The summed E-state index contributed by atoms with van der Waals surface area (Å²) in [6, 6.07) is 9.94. The van der Waals surface area contributed by atoms with E-state index in [0.717, 1.165) is 39.9 Å². The summed E-state index contributed by atoms with van der Waals surface area (Å²) in [5, 5.41) is 3.87. The number of piperidine rings is 1. The van der Waals surface area contributed by atoms with Crippen molar-refractivity contribution in [2.75, 3.05) is 18.0 Å². The van der Waals surface area contributed by atoms with Crippen molar-refractivity contribution in [3.8, 4) is 21.8 Å². The molecule has 2 aromatic heterocycles. The molecule has 1 aliphatic rings. The van der Waals surface area contributed by atoms with E-state index in [1.807, 2.05) is 36.7 Å². The highest BCUT2D eigenvalue weighted by Gasteiger charge is 2.17. The van der Waals surface area contributed by atoms with Crippen molar-refractivity contribution in [3.05, 3.63) is 53.1 Å². The second-order valence-electron chi connectivity index (χ2n) is 5.99. The van der Waals surface area contributed by atoms with Crippen LogP contribution in [0.25, 0.3) is 21.8 Å². The molecule has 1 fully saturated rings. The Kier molecular flexibility index (Phi) is 4.50. The van der Waals surface area contributed by atoms with Crippen LogP contribution in [0.2, 0.25) is 5.02 Å². The van der Waals surface area contributed by atoms with E-state index in [9.17, 15) is 0 Å². The van der Waals surface area contributed by atoms with Gasteiger partial charge in [0.05, 0.1) is 16.9 Å². The number of nitrogens with zero attached hydrogens (tertiary/aromatic N) is 3. The number of pyridine rings is 1. The van der Waals surface area contributed by atoms with Crippen molar-refractivity contribution in [2.45, 2.75) is 19.3 Å². The average molecular weight is 356 g/mol. The minimum absolute atomic E-state index is 0.744. The molecule has 3 nitrogen and oxygen atoms in total. The Hall–Kier alpha value is -1.91. The number of hydrogen-bond donors (Lipinski definition) is 0. The molecular formula is C19H18ClN3S. The molecule has 1 saturated heterocycles. The molecule has 1 aromatic carbocycles. The Morgan fingerprint density at radius 2 is 1.79 bits per heavy atom. The summed E-state index contributed by atoms with van der Waals surface area (Å²) in [7, 11) is 0. The number of rotatable bonds is 3. The van der Waals surface area contributed by atoms with Crippen LogP contribution in [0.1, 0.15) is 19.3 Å². The van der Waals surface area contributed by atoms with E-state index in [-0.39, 0.29) is 0 Å². The van der Waals surface area contributed by atoms with Crippen LogP contribution in [0.4, 0.5) is 5.69 Å². The third-order valence-corrected chi connectivity index (χ3v) is 5.50. The van der Waals surface area contributed by atoms with E-state index < -0.39 is 0 Å². The zero-order valence-corrected chi connectivity index (χ0v) is 14.9. The van der Waals surface area contributed by atoms with Crippen LogP contribution in [-0.2, 0) is 0 Å². The van der Waals surface area contributed by atoms with Gasteiger partial charge in [0.15, 0.2) is 0 Å². The van der Waals surface area contributed by atoms with Crippen LogP contribution in [-0.4, -0.2) is 23.1 Å². The van der Waals surface area contributed by atoms with Crippen LogP contribution in [0.3, 0.4) is 0 Å². The van der Waals surface area contributed by atoms with Gasteiger partial charge in [0.2, 0.25) is 0 Å². The van der Waals surface area contributed by atoms with Gasteiger partial charge >= 0.3 is 0 Å². The maximum atomic E-state index is 5.98. The number of benzene rings is 1. The Bertz CT molecular complexity index is 823. The molecule has 0 amide bonds. The molecule has 0 aliphatic carbocycles. The molecule has 0 saturated carbocycles. The molecule has 1 aliphatic heterocycles. The maximum absolute atomic E-state index is 5.98. The Morgan fingerprint density at radius 1 is 1.00 bits per heavy atom. The lowest BCUT2D eigenvalue weighted by Crippen LogP contribution is -2.29. The van der Waals surface area contributed by atoms with Crippen molar-refractivity contribution >= 4 is 28.6 Å². The maximum Gasteiger partial charge on any atom is 0.127 e. The predicted molar refractivity (Wildman–Crippen MR) is 102 cm³/mol. The number of thiazole rings is 1. The Labute approximate surface area is 151 Å². The summed E-state index contributed by atoms with van der Waals surface area (Å²) in [6.45, 7) is 2.23. The van der Waals surface area contributed by atoms with Gasteiger partial charge in [-0.1, -0.05) is 23.7 Å². The zero-order chi connectivity index (χ0) is 16.4. The van der Waals surface area contributed by atoms with Gasteiger partial charge in [-0.25, -0.2) is 4.98 Å². The highest BCUT2D eigenvalue weighted by atomic mass is 35.5. The van der Waals surface area contributed by atoms with Crippen LogP contribution in [0.15, 0.2) is 48.1 Å². The molecule has 0 bridgehead atoms. The van der Waals surface area contributed by atoms with E-state index in [2.05, 4.69) is 21.3 Å². The second-order valence-corrected chi connectivity index (χ2v) is 7.28. The van der Waals surface area contributed by atoms with E-state index in [4.69, 9.17) is 16.6 Å². The van der Waals surface area contributed by atoms with Gasteiger partial charge in [-0.2, -0.15) is 0 Å². The lowest BCUT2D eigenvalue weighted by atomic mass is 10.1. The minimum atomic E-state index is 0.744. The van der Waals surface area contributed by atoms with Gasteiger partial charge < -0.3 is 4.90 Å². The fourth-order valence-electron chi connectivity index (χ4n) is 3.11. The van der Waals surface area contributed by atoms with Gasteiger partial charge in [-0.3, -0.25) is 4.98 Å². The van der Waals surface area contributed by atoms with Gasteiger partial charge in [0, 0.05) is 41.4 Å². The molecule has 4 rings (SSSR count). The van der Waals surface area contributed by atoms with Crippen LogP contribution >= 0.6 is 22.9 Å². The van der Waals surface area contributed by atoms with Crippen LogP contribution < -0.4 is 4.90 Å². The van der Waals surface area contributed by atoms with Crippen molar-refractivity contribution in [3.63, 3.8) is 0 Å². The highest BCUT2D eigenvalue weighted by Crippen LogP contribution is 2.35. The predicted octanol–water partition coefficient (Wildman–Crippen LogP) is 5.52. The second kappa shape index (κ2) is 6.91. The number of halogens is 1. The highest BCUT2D eigenvalue weighted by molar-refractivity contribution is 7.13.